The molecule has 6 heteroatoms. The fraction of sp³-hybridized carbons (Fsp3) is 0.143. The van der Waals surface area contributed by atoms with E-state index in [1.807, 2.05) is 32.0 Å². The summed E-state index contributed by atoms with van der Waals surface area (Å²) in [5.74, 6) is -0.0181. The van der Waals surface area contributed by atoms with Gasteiger partial charge in [-0.15, -0.1) is 0 Å². The molecule has 2 aromatic carbocycles. The van der Waals surface area contributed by atoms with E-state index >= 15 is 0 Å². The van der Waals surface area contributed by atoms with E-state index in [0.29, 0.717) is 17.2 Å². The minimum atomic E-state index is -0.350. The lowest BCUT2D eigenvalue weighted by Gasteiger charge is -2.12. The van der Waals surface area contributed by atoms with Gasteiger partial charge in [0, 0.05) is 23.1 Å². The molecule has 0 aliphatic rings. The highest BCUT2D eigenvalue weighted by Gasteiger charge is 2.11. The summed E-state index contributed by atoms with van der Waals surface area (Å²) in [5.41, 5.74) is 4.49. The zero-order chi connectivity index (χ0) is 19.4. The number of aromatic nitrogens is 2. The molecule has 1 heterocycles. The first-order valence-corrected chi connectivity index (χ1v) is 8.52. The number of carbonyl (C=O) groups excluding carboxylic acids is 2. The first kappa shape index (κ1) is 18.3. The summed E-state index contributed by atoms with van der Waals surface area (Å²) in [6.07, 6.45) is 1.54. The van der Waals surface area contributed by atoms with Crippen molar-refractivity contribution in [3.8, 4) is 0 Å². The number of aryl methyl sites for hydroxylation is 2. The van der Waals surface area contributed by atoms with Gasteiger partial charge in [0.1, 0.15) is 5.69 Å². The second kappa shape index (κ2) is 7.78. The number of carbonyl (C=O) groups is 2. The van der Waals surface area contributed by atoms with E-state index in [4.69, 9.17) is 0 Å². The molecule has 27 heavy (non-hydrogen) atoms. The Bertz CT molecular complexity index is 977. The van der Waals surface area contributed by atoms with Crippen LogP contribution in [0, 0.1) is 13.8 Å². The molecule has 6 nitrogen and oxygen atoms in total. The smallest absolute Gasteiger partial charge is 0.274 e. The average Bonchev–Trinajstić information content (AvgIpc) is 2.65. The number of para-hydroxylation sites is 1. The van der Waals surface area contributed by atoms with Crippen molar-refractivity contribution in [3.63, 3.8) is 0 Å². The van der Waals surface area contributed by atoms with Gasteiger partial charge in [-0.05, 0) is 62.2 Å². The molecule has 0 saturated carbocycles. The van der Waals surface area contributed by atoms with E-state index in [2.05, 4.69) is 20.6 Å². The molecule has 3 rings (SSSR count). The van der Waals surface area contributed by atoms with Crippen LogP contribution in [0.1, 0.15) is 38.9 Å². The second-order valence-corrected chi connectivity index (χ2v) is 6.24. The third kappa shape index (κ3) is 4.36. The standard InChI is InChI=1S/C21H20N4O2/c1-13-5-4-6-14(2)19(13)25-21-22-12-11-18(24-21)20(27)23-17-9-7-16(8-10-17)15(3)26/h4-12H,1-3H3,(H,23,27)(H,22,24,25). The zero-order valence-electron chi connectivity index (χ0n) is 15.4. The van der Waals surface area contributed by atoms with Gasteiger partial charge in [-0.1, -0.05) is 18.2 Å². The number of nitrogens with zero attached hydrogens (tertiary/aromatic N) is 2. The zero-order valence-corrected chi connectivity index (χ0v) is 15.4. The Morgan fingerprint density at radius 1 is 0.926 bits per heavy atom. The molecule has 1 amide bonds. The van der Waals surface area contributed by atoms with Crippen LogP contribution in [0.2, 0.25) is 0 Å². The number of hydrogen-bond donors (Lipinski definition) is 2. The van der Waals surface area contributed by atoms with Gasteiger partial charge in [-0.3, -0.25) is 9.59 Å². The van der Waals surface area contributed by atoms with Gasteiger partial charge in [0.2, 0.25) is 5.95 Å². The van der Waals surface area contributed by atoms with Crippen LogP contribution in [-0.2, 0) is 0 Å². The van der Waals surface area contributed by atoms with Crippen molar-refractivity contribution in [1.82, 2.24) is 9.97 Å². The third-order valence-electron chi connectivity index (χ3n) is 4.16. The molecule has 3 aromatic rings. The van der Waals surface area contributed by atoms with Crippen LogP contribution in [0.25, 0.3) is 0 Å². The summed E-state index contributed by atoms with van der Waals surface area (Å²) in [5, 5.41) is 5.95. The lowest BCUT2D eigenvalue weighted by Crippen LogP contribution is -2.15. The molecule has 0 radical (unpaired) electrons. The van der Waals surface area contributed by atoms with Gasteiger partial charge in [0.25, 0.3) is 5.91 Å². The SMILES string of the molecule is CC(=O)c1ccc(NC(=O)c2ccnc(Nc3c(C)cccc3C)n2)cc1. The monoisotopic (exact) mass is 360 g/mol. The van der Waals surface area contributed by atoms with E-state index in [9.17, 15) is 9.59 Å². The summed E-state index contributed by atoms with van der Waals surface area (Å²) in [6.45, 7) is 5.49. The van der Waals surface area contributed by atoms with Gasteiger partial charge in [0.15, 0.2) is 5.78 Å². The maximum absolute atomic E-state index is 12.5. The van der Waals surface area contributed by atoms with E-state index in [1.165, 1.54) is 13.1 Å². The van der Waals surface area contributed by atoms with Crippen molar-refractivity contribution < 1.29 is 9.59 Å². The highest BCUT2D eigenvalue weighted by Crippen LogP contribution is 2.22. The van der Waals surface area contributed by atoms with E-state index in [0.717, 1.165) is 16.8 Å². The maximum atomic E-state index is 12.5. The molecule has 0 saturated heterocycles. The highest BCUT2D eigenvalue weighted by molar-refractivity contribution is 6.03. The van der Waals surface area contributed by atoms with Crippen molar-refractivity contribution in [2.45, 2.75) is 20.8 Å². The molecular formula is C21H20N4O2. The van der Waals surface area contributed by atoms with Gasteiger partial charge in [-0.25, -0.2) is 9.97 Å². The summed E-state index contributed by atoms with van der Waals surface area (Å²) < 4.78 is 0. The quantitative estimate of drug-likeness (QED) is 0.663. The van der Waals surface area contributed by atoms with Crippen molar-refractivity contribution in [3.05, 3.63) is 77.1 Å². The molecular weight excluding hydrogens is 340 g/mol. The van der Waals surface area contributed by atoms with Gasteiger partial charge >= 0.3 is 0 Å². The fourth-order valence-electron chi connectivity index (χ4n) is 2.65. The largest absolute Gasteiger partial charge is 0.324 e. The average molecular weight is 360 g/mol. The molecule has 0 aliphatic carbocycles. The molecule has 1 aromatic heterocycles. The Kier molecular flexibility index (Phi) is 5.26. The molecule has 0 unspecified atom stereocenters. The summed E-state index contributed by atoms with van der Waals surface area (Å²) >= 11 is 0. The predicted molar refractivity (Wildman–Crippen MR) is 106 cm³/mol. The van der Waals surface area contributed by atoms with Crippen molar-refractivity contribution in [1.29, 1.82) is 0 Å². The summed E-state index contributed by atoms with van der Waals surface area (Å²) in [4.78, 5) is 32.3. The number of ketones is 1. The van der Waals surface area contributed by atoms with Crippen LogP contribution >= 0.6 is 0 Å². The number of rotatable bonds is 5. The first-order valence-electron chi connectivity index (χ1n) is 8.52. The lowest BCUT2D eigenvalue weighted by molar-refractivity contribution is 0.101. The van der Waals surface area contributed by atoms with Crippen LogP contribution in [0.4, 0.5) is 17.3 Å². The topological polar surface area (TPSA) is 84.0 Å². The van der Waals surface area contributed by atoms with Gasteiger partial charge < -0.3 is 10.6 Å². The molecule has 0 spiro atoms. The van der Waals surface area contributed by atoms with E-state index < -0.39 is 0 Å². The normalized spacial score (nSPS) is 10.3. The fourth-order valence-corrected chi connectivity index (χ4v) is 2.65. The highest BCUT2D eigenvalue weighted by atomic mass is 16.2. The van der Waals surface area contributed by atoms with E-state index in [1.54, 1.807) is 30.3 Å². The van der Waals surface area contributed by atoms with Crippen LogP contribution in [0.15, 0.2) is 54.7 Å². The van der Waals surface area contributed by atoms with Gasteiger partial charge in [0.05, 0.1) is 0 Å². The van der Waals surface area contributed by atoms with Crippen molar-refractivity contribution in [2.24, 2.45) is 0 Å². The Morgan fingerprint density at radius 3 is 2.22 bits per heavy atom. The van der Waals surface area contributed by atoms with Crippen molar-refractivity contribution in [2.75, 3.05) is 10.6 Å². The van der Waals surface area contributed by atoms with Gasteiger partial charge in [-0.2, -0.15) is 0 Å². The molecule has 0 fully saturated rings. The Hall–Kier alpha value is -3.54. The van der Waals surface area contributed by atoms with Crippen LogP contribution in [-0.4, -0.2) is 21.7 Å². The molecule has 2 N–H and O–H groups in total. The Balaban J connectivity index is 1.76. The van der Waals surface area contributed by atoms with E-state index in [-0.39, 0.29) is 17.4 Å². The first-order chi connectivity index (χ1) is 12.9. The number of amides is 1. The second-order valence-electron chi connectivity index (χ2n) is 6.24. The maximum Gasteiger partial charge on any atom is 0.274 e. The minimum absolute atomic E-state index is 0.0223. The third-order valence-corrected chi connectivity index (χ3v) is 4.16. The number of benzene rings is 2. The molecule has 136 valence electrons. The Labute approximate surface area is 157 Å². The number of nitrogens with one attached hydrogen (secondary N) is 2. The van der Waals surface area contributed by atoms with Crippen LogP contribution in [0.5, 0.6) is 0 Å². The molecule has 0 aliphatic heterocycles. The predicted octanol–water partition coefficient (Wildman–Crippen LogP) is 4.29. The number of anilines is 3. The molecule has 0 atom stereocenters. The summed E-state index contributed by atoms with van der Waals surface area (Å²) in [7, 11) is 0. The summed E-state index contributed by atoms with van der Waals surface area (Å²) in [6, 6.07) is 14.2. The lowest BCUT2D eigenvalue weighted by atomic mass is 10.1. The van der Waals surface area contributed by atoms with Crippen LogP contribution in [0.3, 0.4) is 0 Å². The Morgan fingerprint density at radius 2 is 1.59 bits per heavy atom. The minimum Gasteiger partial charge on any atom is -0.324 e. The number of Topliss-reactive ketones (excluding diaryl/α,β-unsaturated/α-hetero) is 1. The molecule has 0 bridgehead atoms. The van der Waals surface area contributed by atoms with Crippen molar-refractivity contribution >= 4 is 29.0 Å². The number of hydrogen-bond acceptors (Lipinski definition) is 5. The van der Waals surface area contributed by atoms with Crippen LogP contribution < -0.4 is 10.6 Å².